The second-order valence-electron chi connectivity index (χ2n) is 5.77. The van der Waals surface area contributed by atoms with Gasteiger partial charge >= 0.3 is 0 Å². The highest BCUT2D eigenvalue weighted by atomic mass is 16.5. The Hall–Kier alpha value is -1.20. The molecule has 110 valence electrons. The highest BCUT2D eigenvalue weighted by molar-refractivity contribution is 5.43. The van der Waals surface area contributed by atoms with Crippen molar-refractivity contribution in [2.24, 2.45) is 0 Å². The molecule has 1 aromatic heterocycles. The van der Waals surface area contributed by atoms with Crippen molar-refractivity contribution < 1.29 is 9.47 Å². The van der Waals surface area contributed by atoms with E-state index >= 15 is 0 Å². The van der Waals surface area contributed by atoms with E-state index in [1.54, 1.807) is 7.11 Å². The molecule has 0 bridgehead atoms. The number of ether oxygens (including phenoxy) is 2. The number of hydrogen-bond donors (Lipinski definition) is 1. The minimum atomic E-state index is -0.349. The molecular formula is C15H23N3O2. The summed E-state index contributed by atoms with van der Waals surface area (Å²) in [6.45, 7) is 1.24. The zero-order valence-corrected chi connectivity index (χ0v) is 12.2. The van der Waals surface area contributed by atoms with Crippen LogP contribution in [-0.2, 0) is 28.1 Å². The number of methoxy groups -OCH3 is 1. The molecule has 1 aliphatic carbocycles. The average molecular weight is 277 g/mol. The third-order valence-corrected chi connectivity index (χ3v) is 4.56. The second kappa shape index (κ2) is 5.66. The van der Waals surface area contributed by atoms with E-state index < -0.39 is 0 Å². The van der Waals surface area contributed by atoms with Gasteiger partial charge in [-0.2, -0.15) is 0 Å². The summed E-state index contributed by atoms with van der Waals surface area (Å²) in [5.74, 6) is 1.34. The minimum Gasteiger partial charge on any atom is -0.383 e. The lowest BCUT2D eigenvalue weighted by atomic mass is 9.92. The first kappa shape index (κ1) is 13.8. The Morgan fingerprint density at radius 1 is 1.15 bits per heavy atom. The van der Waals surface area contributed by atoms with Gasteiger partial charge in [0.05, 0.1) is 18.9 Å². The molecule has 2 N–H and O–H groups in total. The van der Waals surface area contributed by atoms with E-state index in [-0.39, 0.29) is 5.60 Å². The maximum Gasteiger partial charge on any atom is 0.162 e. The van der Waals surface area contributed by atoms with Crippen LogP contribution in [0, 0.1) is 0 Å². The molecule has 3 rings (SSSR count). The van der Waals surface area contributed by atoms with E-state index in [1.165, 1.54) is 12.8 Å². The molecule has 5 heteroatoms. The molecule has 2 aliphatic rings. The number of nitrogen functional groups attached to an aromatic ring is 1. The van der Waals surface area contributed by atoms with Crippen LogP contribution in [-0.4, -0.2) is 23.7 Å². The zero-order chi connectivity index (χ0) is 14.0. The molecular weight excluding hydrogens is 254 g/mol. The van der Waals surface area contributed by atoms with Crippen molar-refractivity contribution in [3.63, 3.8) is 0 Å². The van der Waals surface area contributed by atoms with Gasteiger partial charge in [0.25, 0.3) is 0 Å². The van der Waals surface area contributed by atoms with Crippen LogP contribution >= 0.6 is 0 Å². The summed E-state index contributed by atoms with van der Waals surface area (Å²) in [7, 11) is 1.77. The summed E-state index contributed by atoms with van der Waals surface area (Å²) < 4.78 is 11.3. The highest BCUT2D eigenvalue weighted by Gasteiger charge is 2.37. The van der Waals surface area contributed by atoms with E-state index in [4.69, 9.17) is 20.2 Å². The standard InChI is InChI=1S/C15H23N3O2/c1-19-15(7-4-2-3-5-8-15)14-17-12-6-9-20-10-11(12)13(16)18-14/h2-10H2,1H3,(H2,16,17,18). The number of fused-ring (bicyclic) bond motifs is 1. The summed E-state index contributed by atoms with van der Waals surface area (Å²) in [5.41, 5.74) is 7.76. The van der Waals surface area contributed by atoms with Gasteiger partial charge in [0.15, 0.2) is 5.82 Å². The van der Waals surface area contributed by atoms with Crippen LogP contribution in [0.25, 0.3) is 0 Å². The normalized spacial score (nSPS) is 22.1. The number of nitrogens with two attached hydrogens (primary N) is 1. The molecule has 0 atom stereocenters. The van der Waals surface area contributed by atoms with Crippen molar-refractivity contribution >= 4 is 5.82 Å². The summed E-state index contributed by atoms with van der Waals surface area (Å²) in [6.07, 6.45) is 7.64. The SMILES string of the molecule is COC1(c2nc(N)c3c(n2)CCOC3)CCCCCC1. The van der Waals surface area contributed by atoms with Crippen molar-refractivity contribution in [3.8, 4) is 0 Å². The van der Waals surface area contributed by atoms with Crippen LogP contribution < -0.4 is 5.73 Å². The summed E-state index contributed by atoms with van der Waals surface area (Å²) >= 11 is 0. The fourth-order valence-corrected chi connectivity index (χ4v) is 3.28. The molecule has 0 amide bonds. The van der Waals surface area contributed by atoms with Crippen LogP contribution in [0.2, 0.25) is 0 Å². The van der Waals surface area contributed by atoms with Crippen LogP contribution in [0.5, 0.6) is 0 Å². The van der Waals surface area contributed by atoms with E-state index in [1.807, 2.05) is 0 Å². The van der Waals surface area contributed by atoms with Crippen molar-refractivity contribution in [1.82, 2.24) is 9.97 Å². The van der Waals surface area contributed by atoms with Crippen LogP contribution in [0.3, 0.4) is 0 Å². The Morgan fingerprint density at radius 3 is 2.60 bits per heavy atom. The molecule has 20 heavy (non-hydrogen) atoms. The predicted molar refractivity (Wildman–Crippen MR) is 76.2 cm³/mol. The molecule has 0 saturated heterocycles. The third-order valence-electron chi connectivity index (χ3n) is 4.56. The molecule has 2 heterocycles. The topological polar surface area (TPSA) is 70.3 Å². The van der Waals surface area contributed by atoms with Gasteiger partial charge in [0.1, 0.15) is 11.4 Å². The summed E-state index contributed by atoms with van der Waals surface area (Å²) in [5, 5.41) is 0. The molecule has 1 aromatic rings. The molecule has 1 aliphatic heterocycles. The summed E-state index contributed by atoms with van der Waals surface area (Å²) in [6, 6.07) is 0. The van der Waals surface area contributed by atoms with Crippen LogP contribution in [0.1, 0.15) is 55.6 Å². The van der Waals surface area contributed by atoms with Gasteiger partial charge in [-0.15, -0.1) is 0 Å². The maximum atomic E-state index is 6.11. The van der Waals surface area contributed by atoms with Crippen molar-refractivity contribution in [3.05, 3.63) is 17.1 Å². The van der Waals surface area contributed by atoms with Crippen molar-refractivity contribution in [2.75, 3.05) is 19.5 Å². The van der Waals surface area contributed by atoms with E-state index in [9.17, 15) is 0 Å². The largest absolute Gasteiger partial charge is 0.383 e. The first-order valence-corrected chi connectivity index (χ1v) is 7.54. The van der Waals surface area contributed by atoms with Crippen molar-refractivity contribution in [2.45, 2.75) is 57.2 Å². The minimum absolute atomic E-state index is 0.349. The fraction of sp³-hybridized carbons (Fsp3) is 0.733. The number of anilines is 1. The first-order chi connectivity index (χ1) is 9.75. The second-order valence-corrected chi connectivity index (χ2v) is 5.77. The van der Waals surface area contributed by atoms with Crippen LogP contribution in [0.15, 0.2) is 0 Å². The average Bonchev–Trinajstić information content (AvgIpc) is 2.73. The van der Waals surface area contributed by atoms with Gasteiger partial charge in [0, 0.05) is 19.1 Å². The predicted octanol–water partition coefficient (Wildman–Crippen LogP) is 2.33. The smallest absolute Gasteiger partial charge is 0.162 e. The van der Waals surface area contributed by atoms with Crippen molar-refractivity contribution in [1.29, 1.82) is 0 Å². The maximum absolute atomic E-state index is 6.11. The lowest BCUT2D eigenvalue weighted by molar-refractivity contribution is -0.0354. The first-order valence-electron chi connectivity index (χ1n) is 7.54. The van der Waals surface area contributed by atoms with Gasteiger partial charge < -0.3 is 15.2 Å². The molecule has 5 nitrogen and oxygen atoms in total. The monoisotopic (exact) mass is 277 g/mol. The molecule has 0 unspecified atom stereocenters. The fourth-order valence-electron chi connectivity index (χ4n) is 3.28. The lowest BCUT2D eigenvalue weighted by Gasteiger charge is -2.31. The number of hydrogen-bond acceptors (Lipinski definition) is 5. The van der Waals surface area contributed by atoms with E-state index in [0.29, 0.717) is 19.0 Å². The quantitative estimate of drug-likeness (QED) is 0.840. The molecule has 1 fully saturated rings. The Labute approximate surface area is 119 Å². The number of nitrogens with zero attached hydrogens (tertiary/aromatic N) is 2. The molecule has 0 spiro atoms. The highest BCUT2D eigenvalue weighted by Crippen LogP contribution is 2.38. The number of aromatic nitrogens is 2. The Bertz CT molecular complexity index is 482. The Balaban J connectivity index is 2.01. The van der Waals surface area contributed by atoms with Gasteiger partial charge in [-0.25, -0.2) is 9.97 Å². The summed E-state index contributed by atoms with van der Waals surface area (Å²) in [4.78, 5) is 9.34. The van der Waals surface area contributed by atoms with E-state index in [0.717, 1.165) is 49.2 Å². The lowest BCUT2D eigenvalue weighted by Crippen LogP contribution is -2.32. The third kappa shape index (κ3) is 2.40. The van der Waals surface area contributed by atoms with Gasteiger partial charge in [-0.3, -0.25) is 0 Å². The van der Waals surface area contributed by atoms with Crippen LogP contribution in [0.4, 0.5) is 5.82 Å². The Morgan fingerprint density at radius 2 is 1.90 bits per heavy atom. The van der Waals surface area contributed by atoms with Gasteiger partial charge in [0.2, 0.25) is 0 Å². The molecule has 0 aromatic carbocycles. The zero-order valence-electron chi connectivity index (χ0n) is 12.2. The van der Waals surface area contributed by atoms with Gasteiger partial charge in [-0.1, -0.05) is 25.7 Å². The Kier molecular flexibility index (Phi) is 3.89. The molecule has 0 radical (unpaired) electrons. The van der Waals surface area contributed by atoms with Gasteiger partial charge in [-0.05, 0) is 12.8 Å². The number of rotatable bonds is 2. The molecule has 1 saturated carbocycles. The van der Waals surface area contributed by atoms with E-state index in [2.05, 4.69) is 4.98 Å².